The zero-order chi connectivity index (χ0) is 25.9. The fraction of sp³-hybridized carbons (Fsp3) is 0.120. The van der Waals surface area contributed by atoms with E-state index in [9.17, 15) is 27.2 Å². The Morgan fingerprint density at radius 3 is 2.58 bits per heavy atom. The second kappa shape index (κ2) is 9.98. The Labute approximate surface area is 202 Å². The Balaban J connectivity index is 1.57. The van der Waals surface area contributed by atoms with Crippen molar-refractivity contribution in [2.24, 2.45) is 0 Å². The first kappa shape index (κ1) is 24.6. The van der Waals surface area contributed by atoms with Crippen LogP contribution in [0.2, 0.25) is 0 Å². The van der Waals surface area contributed by atoms with E-state index in [0.717, 1.165) is 22.9 Å². The van der Waals surface area contributed by atoms with Crippen molar-refractivity contribution < 1.29 is 27.1 Å². The Kier molecular flexibility index (Phi) is 6.82. The maximum absolute atomic E-state index is 13.5. The lowest BCUT2D eigenvalue weighted by atomic mass is 10.2. The molecule has 36 heavy (non-hydrogen) atoms. The van der Waals surface area contributed by atoms with Crippen LogP contribution in [0.3, 0.4) is 0 Å². The molecule has 0 spiro atoms. The van der Waals surface area contributed by atoms with Gasteiger partial charge in [-0.3, -0.25) is 9.59 Å². The molecule has 0 fully saturated rings. The summed E-state index contributed by atoms with van der Waals surface area (Å²) in [5.41, 5.74) is -1.39. The lowest BCUT2D eigenvalue weighted by molar-refractivity contribution is -0.137. The molecule has 0 saturated carbocycles. The van der Waals surface area contributed by atoms with E-state index in [0.29, 0.717) is 5.56 Å². The first-order valence-electron chi connectivity index (χ1n) is 10.6. The van der Waals surface area contributed by atoms with Crippen molar-refractivity contribution in [3.05, 3.63) is 111 Å². The highest BCUT2D eigenvalue weighted by Gasteiger charge is 2.30. The van der Waals surface area contributed by atoms with Crippen LogP contribution in [-0.2, 0) is 12.7 Å². The van der Waals surface area contributed by atoms with Gasteiger partial charge in [-0.2, -0.15) is 18.3 Å². The molecule has 1 amide bonds. The number of benzene rings is 2. The van der Waals surface area contributed by atoms with Gasteiger partial charge in [-0.05, 0) is 43.3 Å². The number of pyridine rings is 1. The maximum atomic E-state index is 13.5. The number of carbonyl (C=O) groups excluding carboxylic acids is 1. The highest BCUT2D eigenvalue weighted by atomic mass is 19.4. The van der Waals surface area contributed by atoms with Crippen molar-refractivity contribution in [1.29, 1.82) is 0 Å². The molecule has 0 bridgehead atoms. The van der Waals surface area contributed by atoms with Gasteiger partial charge in [0.1, 0.15) is 11.6 Å². The summed E-state index contributed by atoms with van der Waals surface area (Å²) in [6.07, 6.45) is -3.12. The summed E-state index contributed by atoms with van der Waals surface area (Å²) >= 11 is 0. The summed E-state index contributed by atoms with van der Waals surface area (Å²) in [5, 5.41) is 6.55. The van der Waals surface area contributed by atoms with Crippen LogP contribution in [0, 0.1) is 12.7 Å². The summed E-state index contributed by atoms with van der Waals surface area (Å²) in [6, 6.07) is 14.1. The Morgan fingerprint density at radius 1 is 1.06 bits per heavy atom. The Morgan fingerprint density at radius 2 is 1.83 bits per heavy atom. The number of hydrogen-bond donors (Lipinski definition) is 1. The first-order chi connectivity index (χ1) is 17.1. The third-order valence-corrected chi connectivity index (χ3v) is 5.04. The molecule has 4 aromatic rings. The van der Waals surface area contributed by atoms with Gasteiger partial charge in [-0.1, -0.05) is 18.2 Å². The lowest BCUT2D eigenvalue weighted by Crippen LogP contribution is -2.31. The molecule has 0 aliphatic rings. The lowest BCUT2D eigenvalue weighted by Gasteiger charge is -2.14. The fourth-order valence-corrected chi connectivity index (χ4v) is 3.33. The molecule has 0 aliphatic heterocycles. The highest BCUT2D eigenvalue weighted by Crippen LogP contribution is 2.30. The van der Waals surface area contributed by atoms with Crippen LogP contribution >= 0.6 is 0 Å². The molecule has 7 nitrogen and oxygen atoms in total. The van der Waals surface area contributed by atoms with Gasteiger partial charge in [0.25, 0.3) is 5.91 Å². The molecule has 11 heteroatoms. The number of aryl methyl sites for hydroxylation is 1. The van der Waals surface area contributed by atoms with Crippen LogP contribution in [0.5, 0.6) is 11.6 Å². The quantitative estimate of drug-likeness (QED) is 0.386. The van der Waals surface area contributed by atoms with Gasteiger partial charge in [0.2, 0.25) is 11.3 Å². The minimum atomic E-state index is -4.57. The van der Waals surface area contributed by atoms with Crippen molar-refractivity contribution in [1.82, 2.24) is 20.1 Å². The SMILES string of the molecule is Cc1cc(=O)c(C(=O)NCc2cccnc2Oc2cccc(F)c2)nn1-c1cccc(C(F)(F)F)c1. The molecule has 4 rings (SSSR count). The number of amides is 1. The number of halogens is 4. The number of nitrogens with one attached hydrogen (secondary N) is 1. The predicted molar refractivity (Wildman–Crippen MR) is 121 cm³/mol. The summed E-state index contributed by atoms with van der Waals surface area (Å²) < 4.78 is 59.6. The first-order valence-corrected chi connectivity index (χ1v) is 10.6. The molecule has 2 heterocycles. The maximum Gasteiger partial charge on any atom is 0.416 e. The van der Waals surface area contributed by atoms with Crippen molar-refractivity contribution in [3.63, 3.8) is 0 Å². The summed E-state index contributed by atoms with van der Waals surface area (Å²) in [5.74, 6) is -1.03. The topological polar surface area (TPSA) is 86.1 Å². The molecular formula is C25H18F4N4O3. The third-order valence-electron chi connectivity index (χ3n) is 5.04. The van der Waals surface area contributed by atoms with Gasteiger partial charge < -0.3 is 10.1 Å². The average molecular weight is 498 g/mol. The number of rotatable bonds is 6. The van der Waals surface area contributed by atoms with E-state index in [1.165, 1.54) is 49.5 Å². The smallest absolute Gasteiger partial charge is 0.416 e. The van der Waals surface area contributed by atoms with Crippen LogP contribution in [0.4, 0.5) is 17.6 Å². The van der Waals surface area contributed by atoms with Crippen molar-refractivity contribution >= 4 is 5.91 Å². The van der Waals surface area contributed by atoms with Crippen LogP contribution < -0.4 is 15.5 Å². The molecule has 1 N–H and O–H groups in total. The molecule has 2 aromatic carbocycles. The monoisotopic (exact) mass is 498 g/mol. The van der Waals surface area contributed by atoms with Crippen molar-refractivity contribution in [3.8, 4) is 17.3 Å². The van der Waals surface area contributed by atoms with E-state index >= 15 is 0 Å². The molecule has 0 aliphatic carbocycles. The Bertz CT molecular complexity index is 1480. The summed E-state index contributed by atoms with van der Waals surface area (Å²) in [4.78, 5) is 29.3. The zero-order valence-electron chi connectivity index (χ0n) is 18.7. The van der Waals surface area contributed by atoms with E-state index in [-0.39, 0.29) is 29.6 Å². The minimum absolute atomic E-state index is 0.0365. The average Bonchev–Trinajstić information content (AvgIpc) is 2.83. The van der Waals surface area contributed by atoms with E-state index < -0.39 is 34.6 Å². The van der Waals surface area contributed by atoms with Gasteiger partial charge in [0.05, 0.1) is 11.3 Å². The standard InChI is InChI=1S/C25H18F4N4O3/c1-15-11-21(34)22(32-33(15)19-8-2-6-17(12-19)25(27,28)29)23(35)31-14-16-5-4-10-30-24(16)36-20-9-3-7-18(26)13-20/h2-13H,14H2,1H3,(H,31,35). The highest BCUT2D eigenvalue weighted by molar-refractivity contribution is 5.92. The van der Waals surface area contributed by atoms with Crippen molar-refractivity contribution in [2.75, 3.05) is 0 Å². The van der Waals surface area contributed by atoms with Crippen LogP contribution in [0.25, 0.3) is 5.69 Å². The number of ether oxygens (including phenoxy) is 1. The molecular weight excluding hydrogens is 480 g/mol. The predicted octanol–water partition coefficient (Wildman–Crippen LogP) is 4.82. The molecule has 0 saturated heterocycles. The van der Waals surface area contributed by atoms with Crippen LogP contribution in [-0.4, -0.2) is 20.7 Å². The van der Waals surface area contributed by atoms with E-state index in [1.807, 2.05) is 0 Å². The van der Waals surface area contributed by atoms with Gasteiger partial charge in [0.15, 0.2) is 5.69 Å². The normalized spacial score (nSPS) is 11.2. The van der Waals surface area contributed by atoms with Gasteiger partial charge in [-0.15, -0.1) is 0 Å². The Hall–Kier alpha value is -4.54. The largest absolute Gasteiger partial charge is 0.439 e. The van der Waals surface area contributed by atoms with Gasteiger partial charge in [0, 0.05) is 36.1 Å². The van der Waals surface area contributed by atoms with E-state index in [2.05, 4.69) is 15.4 Å². The molecule has 0 atom stereocenters. The molecule has 2 aromatic heterocycles. The second-order valence-electron chi connectivity index (χ2n) is 7.67. The number of hydrogen-bond acceptors (Lipinski definition) is 5. The number of nitrogens with zero attached hydrogens (tertiary/aromatic N) is 3. The van der Waals surface area contributed by atoms with E-state index in [1.54, 1.807) is 12.1 Å². The molecule has 0 unspecified atom stereocenters. The molecule has 0 radical (unpaired) electrons. The van der Waals surface area contributed by atoms with Gasteiger partial charge >= 0.3 is 6.18 Å². The minimum Gasteiger partial charge on any atom is -0.439 e. The van der Waals surface area contributed by atoms with Crippen LogP contribution in [0.1, 0.15) is 27.3 Å². The van der Waals surface area contributed by atoms with E-state index in [4.69, 9.17) is 4.74 Å². The number of carbonyl (C=O) groups is 1. The van der Waals surface area contributed by atoms with Crippen molar-refractivity contribution in [2.45, 2.75) is 19.6 Å². The zero-order valence-corrected chi connectivity index (χ0v) is 18.7. The summed E-state index contributed by atoms with van der Waals surface area (Å²) in [7, 11) is 0. The van der Waals surface area contributed by atoms with Crippen LogP contribution in [0.15, 0.2) is 77.7 Å². The third kappa shape index (κ3) is 5.57. The number of alkyl halides is 3. The second-order valence-corrected chi connectivity index (χ2v) is 7.67. The van der Waals surface area contributed by atoms with Gasteiger partial charge in [-0.25, -0.2) is 14.1 Å². The fourth-order valence-electron chi connectivity index (χ4n) is 3.33. The number of aromatic nitrogens is 3. The molecule has 184 valence electrons. The summed E-state index contributed by atoms with van der Waals surface area (Å²) in [6.45, 7) is 1.37.